The van der Waals surface area contributed by atoms with Gasteiger partial charge in [0.05, 0.1) is 10.6 Å². The molecule has 2 amide bonds. The Labute approximate surface area is 232 Å². The molecule has 202 valence electrons. The Bertz CT molecular complexity index is 1390. The highest BCUT2D eigenvalue weighted by Gasteiger charge is 2.33. The Morgan fingerprint density at radius 1 is 0.974 bits per heavy atom. The van der Waals surface area contributed by atoms with Crippen LogP contribution in [0.15, 0.2) is 77.7 Å². The van der Waals surface area contributed by atoms with E-state index in [2.05, 4.69) is 5.32 Å². The number of halogens is 3. The van der Waals surface area contributed by atoms with Crippen LogP contribution in [0.25, 0.3) is 0 Å². The number of anilines is 1. The van der Waals surface area contributed by atoms with E-state index in [4.69, 9.17) is 23.2 Å². The van der Waals surface area contributed by atoms with E-state index >= 15 is 0 Å². The fourth-order valence-electron chi connectivity index (χ4n) is 3.68. The topological polar surface area (TPSA) is 86.8 Å². The van der Waals surface area contributed by atoms with E-state index in [0.29, 0.717) is 18.0 Å². The molecule has 1 unspecified atom stereocenters. The van der Waals surface area contributed by atoms with E-state index in [1.165, 1.54) is 66.4 Å². The zero-order valence-electron chi connectivity index (χ0n) is 20.9. The summed E-state index contributed by atoms with van der Waals surface area (Å²) in [5.41, 5.74) is 0.334. The van der Waals surface area contributed by atoms with Gasteiger partial charge < -0.3 is 10.2 Å². The second-order valence-corrected chi connectivity index (χ2v) is 11.3. The molecule has 0 aliphatic rings. The minimum atomic E-state index is -4.26. The van der Waals surface area contributed by atoms with Crippen molar-refractivity contribution in [2.75, 3.05) is 17.4 Å². The Kier molecular flexibility index (Phi) is 10.1. The van der Waals surface area contributed by atoms with Gasteiger partial charge in [0, 0.05) is 28.7 Å². The second-order valence-electron chi connectivity index (χ2n) is 8.53. The molecule has 3 rings (SSSR count). The van der Waals surface area contributed by atoms with Crippen molar-refractivity contribution in [3.05, 3.63) is 94.2 Å². The monoisotopic (exact) mass is 579 g/mol. The molecule has 0 fully saturated rings. The fourth-order valence-corrected chi connectivity index (χ4v) is 5.40. The molecule has 0 heterocycles. The maximum absolute atomic E-state index is 14.5. The number of sulfonamides is 1. The summed E-state index contributed by atoms with van der Waals surface area (Å²) >= 11 is 12.1. The number of hydrogen-bond acceptors (Lipinski definition) is 4. The van der Waals surface area contributed by atoms with Crippen LogP contribution >= 0.6 is 23.2 Å². The first-order chi connectivity index (χ1) is 18.0. The third-order valence-corrected chi connectivity index (χ3v) is 8.07. The smallest absolute Gasteiger partial charge is 0.264 e. The predicted octanol–water partition coefficient (Wildman–Crippen LogP) is 5.27. The number of hydrogen-bond donors (Lipinski definition) is 1. The summed E-state index contributed by atoms with van der Waals surface area (Å²) in [5.74, 6) is -1.69. The third kappa shape index (κ3) is 7.24. The number of rotatable bonds is 11. The Morgan fingerprint density at radius 3 is 2.29 bits per heavy atom. The lowest BCUT2D eigenvalue weighted by Gasteiger charge is -2.32. The first kappa shape index (κ1) is 29.4. The largest absolute Gasteiger partial charge is 0.354 e. The standard InChI is InChI=1S/C27H28Cl2FN3O4S/c1-3-15-31-27(35)19(2)32(17-20-7-4-5-10-25(20)30)26(34)18-33(23-9-6-8-22(29)16-23)38(36,37)24-13-11-21(28)12-14-24/h4-14,16,19H,3,15,17-18H2,1-2H3,(H,31,35). The van der Waals surface area contributed by atoms with Gasteiger partial charge in [0.2, 0.25) is 11.8 Å². The highest BCUT2D eigenvalue weighted by Crippen LogP contribution is 2.27. The zero-order valence-corrected chi connectivity index (χ0v) is 23.2. The van der Waals surface area contributed by atoms with Crippen LogP contribution in [0.3, 0.4) is 0 Å². The lowest BCUT2D eigenvalue weighted by atomic mass is 10.1. The van der Waals surface area contributed by atoms with Gasteiger partial charge in [-0.25, -0.2) is 12.8 Å². The lowest BCUT2D eigenvalue weighted by Crippen LogP contribution is -2.51. The van der Waals surface area contributed by atoms with Gasteiger partial charge in [-0.1, -0.05) is 54.4 Å². The Hall–Kier alpha value is -3.14. The van der Waals surface area contributed by atoms with E-state index in [-0.39, 0.29) is 27.7 Å². The van der Waals surface area contributed by atoms with Crippen LogP contribution in [-0.4, -0.2) is 44.3 Å². The maximum Gasteiger partial charge on any atom is 0.264 e. The average Bonchev–Trinajstić information content (AvgIpc) is 2.89. The minimum absolute atomic E-state index is 0.0935. The van der Waals surface area contributed by atoms with E-state index in [9.17, 15) is 22.4 Å². The number of benzene rings is 3. The minimum Gasteiger partial charge on any atom is -0.354 e. The molecule has 3 aromatic rings. The van der Waals surface area contributed by atoms with Crippen molar-refractivity contribution in [2.45, 2.75) is 37.8 Å². The summed E-state index contributed by atoms with van der Waals surface area (Å²) in [4.78, 5) is 27.6. The first-order valence-corrected chi connectivity index (χ1v) is 14.1. The number of amides is 2. The maximum atomic E-state index is 14.5. The number of nitrogens with one attached hydrogen (secondary N) is 1. The van der Waals surface area contributed by atoms with Crippen molar-refractivity contribution >= 4 is 50.7 Å². The van der Waals surface area contributed by atoms with Crippen LogP contribution in [0.2, 0.25) is 10.0 Å². The third-order valence-electron chi connectivity index (χ3n) is 5.79. The van der Waals surface area contributed by atoms with Crippen LogP contribution in [0.1, 0.15) is 25.8 Å². The highest BCUT2D eigenvalue weighted by atomic mass is 35.5. The molecule has 0 bridgehead atoms. The van der Waals surface area contributed by atoms with Gasteiger partial charge in [0.15, 0.2) is 0 Å². The van der Waals surface area contributed by atoms with Crippen molar-refractivity contribution in [1.29, 1.82) is 0 Å². The quantitative estimate of drug-likeness (QED) is 0.335. The molecular formula is C27H28Cl2FN3O4S. The van der Waals surface area contributed by atoms with Gasteiger partial charge >= 0.3 is 0 Å². The molecule has 38 heavy (non-hydrogen) atoms. The van der Waals surface area contributed by atoms with Crippen LogP contribution in [0.4, 0.5) is 10.1 Å². The summed E-state index contributed by atoms with van der Waals surface area (Å²) < 4.78 is 42.8. The number of nitrogens with zero attached hydrogens (tertiary/aromatic N) is 2. The van der Waals surface area contributed by atoms with Crippen LogP contribution in [0, 0.1) is 5.82 Å². The van der Waals surface area contributed by atoms with Gasteiger partial charge in [-0.15, -0.1) is 0 Å². The molecular weight excluding hydrogens is 552 g/mol. The molecule has 7 nitrogen and oxygen atoms in total. The molecule has 1 N–H and O–H groups in total. The van der Waals surface area contributed by atoms with E-state index in [1.807, 2.05) is 6.92 Å². The molecule has 0 spiro atoms. The predicted molar refractivity (Wildman–Crippen MR) is 147 cm³/mol. The first-order valence-electron chi connectivity index (χ1n) is 11.9. The lowest BCUT2D eigenvalue weighted by molar-refractivity contribution is -0.139. The molecule has 0 radical (unpaired) electrons. The Morgan fingerprint density at radius 2 is 1.66 bits per heavy atom. The second kappa shape index (κ2) is 13.1. The molecule has 0 aliphatic heterocycles. The van der Waals surface area contributed by atoms with Gasteiger partial charge in [-0.2, -0.15) is 0 Å². The van der Waals surface area contributed by atoms with Crippen molar-refractivity contribution in [1.82, 2.24) is 10.2 Å². The fraction of sp³-hybridized carbons (Fsp3) is 0.259. The van der Waals surface area contributed by atoms with Gasteiger partial charge in [0.25, 0.3) is 10.0 Å². The molecule has 0 saturated heterocycles. The van der Waals surface area contributed by atoms with Crippen molar-refractivity contribution in [3.63, 3.8) is 0 Å². The normalized spacial score (nSPS) is 12.0. The molecule has 0 aromatic heterocycles. The summed E-state index contributed by atoms with van der Waals surface area (Å²) in [6.07, 6.45) is 0.682. The number of carbonyl (C=O) groups is 2. The van der Waals surface area contributed by atoms with Crippen molar-refractivity contribution in [2.24, 2.45) is 0 Å². The summed E-state index contributed by atoms with van der Waals surface area (Å²) in [6, 6.07) is 16.5. The summed E-state index contributed by atoms with van der Waals surface area (Å²) in [7, 11) is -4.26. The SMILES string of the molecule is CCCNC(=O)C(C)N(Cc1ccccc1F)C(=O)CN(c1cccc(Cl)c1)S(=O)(=O)c1ccc(Cl)cc1. The molecule has 0 aliphatic carbocycles. The Balaban J connectivity index is 2.03. The van der Waals surface area contributed by atoms with Crippen molar-refractivity contribution in [3.8, 4) is 0 Å². The molecule has 0 saturated carbocycles. The average molecular weight is 581 g/mol. The van der Waals surface area contributed by atoms with Gasteiger partial charge in [0.1, 0.15) is 18.4 Å². The van der Waals surface area contributed by atoms with E-state index in [0.717, 1.165) is 4.31 Å². The zero-order chi connectivity index (χ0) is 27.9. The molecule has 1 atom stereocenters. The van der Waals surface area contributed by atoms with Crippen LogP contribution in [-0.2, 0) is 26.2 Å². The van der Waals surface area contributed by atoms with Gasteiger partial charge in [-0.05, 0) is 61.9 Å². The van der Waals surface area contributed by atoms with Gasteiger partial charge in [-0.3, -0.25) is 13.9 Å². The van der Waals surface area contributed by atoms with Crippen molar-refractivity contribution < 1.29 is 22.4 Å². The summed E-state index contributed by atoms with van der Waals surface area (Å²) in [5, 5.41) is 3.34. The molecule has 3 aromatic carbocycles. The number of carbonyl (C=O) groups excluding carboxylic acids is 2. The van der Waals surface area contributed by atoms with E-state index < -0.39 is 40.2 Å². The van der Waals surface area contributed by atoms with E-state index in [1.54, 1.807) is 18.2 Å². The molecule has 11 heteroatoms. The van der Waals surface area contributed by atoms with Crippen LogP contribution in [0.5, 0.6) is 0 Å². The summed E-state index contributed by atoms with van der Waals surface area (Å²) in [6.45, 7) is 2.89. The highest BCUT2D eigenvalue weighted by molar-refractivity contribution is 7.92. The van der Waals surface area contributed by atoms with Crippen LogP contribution < -0.4 is 9.62 Å².